The fourth-order valence-corrected chi connectivity index (χ4v) is 2.54. The van der Waals surface area contributed by atoms with Gasteiger partial charge in [-0.3, -0.25) is 4.98 Å². The number of aromatic nitrogens is 1. The predicted octanol–water partition coefficient (Wildman–Crippen LogP) is 2.29. The average Bonchev–Trinajstić information content (AvgIpc) is 2.32. The number of hydrogen-bond acceptors (Lipinski definition) is 3. The predicted molar refractivity (Wildman–Crippen MR) is 72.3 cm³/mol. The van der Waals surface area contributed by atoms with Gasteiger partial charge in [-0.25, -0.2) is 0 Å². The molecule has 2 unspecified atom stereocenters. The lowest BCUT2D eigenvalue weighted by Crippen LogP contribution is -2.56. The molecule has 1 aromatic rings. The third-order valence-corrected chi connectivity index (χ3v) is 3.38. The molecule has 2 rings (SSSR count). The highest BCUT2D eigenvalue weighted by Crippen LogP contribution is 2.20. The molecule has 0 amide bonds. The van der Waals surface area contributed by atoms with E-state index in [1.165, 1.54) is 12.1 Å². The lowest BCUT2D eigenvalue weighted by molar-refractivity contribution is 0.356. The van der Waals surface area contributed by atoms with Gasteiger partial charge in [0.1, 0.15) is 0 Å². The number of piperazine rings is 1. The Morgan fingerprint density at radius 3 is 3.00 bits per heavy atom. The first-order valence-electron chi connectivity index (χ1n) is 6.57. The normalized spacial score (nSPS) is 25.3. The van der Waals surface area contributed by atoms with Gasteiger partial charge in [-0.15, -0.1) is 0 Å². The van der Waals surface area contributed by atoms with Gasteiger partial charge in [0.05, 0.1) is 11.9 Å². The van der Waals surface area contributed by atoms with E-state index >= 15 is 0 Å². The Morgan fingerprint density at radius 2 is 2.35 bits per heavy atom. The Balaban J connectivity index is 2.05. The van der Waals surface area contributed by atoms with Crippen LogP contribution in [0.5, 0.6) is 0 Å². The molecule has 2 heterocycles. The first kappa shape index (κ1) is 12.4. The second-order valence-corrected chi connectivity index (χ2v) is 5.45. The summed E-state index contributed by atoms with van der Waals surface area (Å²) in [5.41, 5.74) is 1.25. The van der Waals surface area contributed by atoms with Crippen molar-refractivity contribution in [1.29, 1.82) is 0 Å². The number of pyridine rings is 1. The lowest BCUT2D eigenvalue weighted by Gasteiger charge is -2.40. The van der Waals surface area contributed by atoms with E-state index in [0.29, 0.717) is 12.1 Å². The van der Waals surface area contributed by atoms with Gasteiger partial charge in [-0.2, -0.15) is 0 Å². The Labute approximate surface area is 104 Å². The molecule has 0 aromatic carbocycles. The van der Waals surface area contributed by atoms with E-state index in [1.54, 1.807) is 0 Å². The van der Waals surface area contributed by atoms with Crippen molar-refractivity contribution in [2.45, 2.75) is 39.3 Å². The van der Waals surface area contributed by atoms with E-state index in [1.807, 2.05) is 18.5 Å². The van der Waals surface area contributed by atoms with Crippen molar-refractivity contribution in [3.8, 4) is 0 Å². The molecule has 1 N–H and O–H groups in total. The molecule has 1 aliphatic rings. The van der Waals surface area contributed by atoms with Gasteiger partial charge in [0, 0.05) is 31.4 Å². The summed E-state index contributed by atoms with van der Waals surface area (Å²) in [7, 11) is 0. The minimum Gasteiger partial charge on any atom is -0.365 e. The molecule has 2 atom stereocenters. The second-order valence-electron chi connectivity index (χ2n) is 5.45. The van der Waals surface area contributed by atoms with Crippen LogP contribution in [0.2, 0.25) is 0 Å². The van der Waals surface area contributed by atoms with E-state index in [0.717, 1.165) is 19.0 Å². The minimum absolute atomic E-state index is 0.544. The second kappa shape index (κ2) is 5.50. The van der Waals surface area contributed by atoms with Crippen molar-refractivity contribution >= 4 is 5.69 Å². The van der Waals surface area contributed by atoms with Crippen molar-refractivity contribution in [2.24, 2.45) is 5.92 Å². The maximum absolute atomic E-state index is 4.22. The maximum Gasteiger partial charge on any atom is 0.0556 e. The molecule has 17 heavy (non-hydrogen) atoms. The fourth-order valence-electron chi connectivity index (χ4n) is 2.54. The molecular weight excluding hydrogens is 210 g/mol. The van der Waals surface area contributed by atoms with Gasteiger partial charge in [0.2, 0.25) is 0 Å². The standard InChI is InChI=1S/C14H23N3/c1-11(2)7-13-10-17(12(3)8-16-13)14-5-4-6-15-9-14/h4-6,9,11-13,16H,7-8,10H2,1-3H3. The molecule has 0 spiro atoms. The molecule has 1 saturated heterocycles. The summed E-state index contributed by atoms with van der Waals surface area (Å²) in [6.07, 6.45) is 5.04. The lowest BCUT2D eigenvalue weighted by atomic mass is 10.00. The Hall–Kier alpha value is -1.09. The molecule has 1 fully saturated rings. The number of anilines is 1. The van der Waals surface area contributed by atoms with Crippen molar-refractivity contribution in [3.05, 3.63) is 24.5 Å². The minimum atomic E-state index is 0.544. The third kappa shape index (κ3) is 3.19. The highest BCUT2D eigenvalue weighted by atomic mass is 15.2. The summed E-state index contributed by atoms with van der Waals surface area (Å²) in [5.74, 6) is 0.747. The zero-order valence-corrected chi connectivity index (χ0v) is 11.1. The summed E-state index contributed by atoms with van der Waals surface area (Å²) in [5, 5.41) is 3.64. The number of nitrogens with zero attached hydrogens (tertiary/aromatic N) is 2. The van der Waals surface area contributed by atoms with Crippen LogP contribution in [0.1, 0.15) is 27.2 Å². The van der Waals surface area contributed by atoms with Gasteiger partial charge in [0.15, 0.2) is 0 Å². The van der Waals surface area contributed by atoms with Gasteiger partial charge in [-0.1, -0.05) is 13.8 Å². The van der Waals surface area contributed by atoms with Crippen molar-refractivity contribution in [3.63, 3.8) is 0 Å². The molecular formula is C14H23N3. The van der Waals surface area contributed by atoms with Crippen LogP contribution in [-0.2, 0) is 0 Å². The summed E-state index contributed by atoms with van der Waals surface area (Å²) < 4.78 is 0. The van der Waals surface area contributed by atoms with Gasteiger partial charge >= 0.3 is 0 Å². The largest absolute Gasteiger partial charge is 0.365 e. The molecule has 0 bridgehead atoms. The molecule has 3 nitrogen and oxygen atoms in total. The van der Waals surface area contributed by atoms with Crippen LogP contribution in [-0.4, -0.2) is 30.2 Å². The maximum atomic E-state index is 4.22. The summed E-state index contributed by atoms with van der Waals surface area (Å²) in [4.78, 5) is 6.69. The molecule has 3 heteroatoms. The van der Waals surface area contributed by atoms with Crippen molar-refractivity contribution in [1.82, 2.24) is 10.3 Å². The zero-order valence-electron chi connectivity index (χ0n) is 11.1. The van der Waals surface area contributed by atoms with Crippen LogP contribution in [0, 0.1) is 5.92 Å². The average molecular weight is 233 g/mol. The molecule has 1 aliphatic heterocycles. The summed E-state index contributed by atoms with van der Waals surface area (Å²) in [6.45, 7) is 8.99. The van der Waals surface area contributed by atoms with Gasteiger partial charge < -0.3 is 10.2 Å². The molecule has 1 aromatic heterocycles. The van der Waals surface area contributed by atoms with E-state index in [2.05, 4.69) is 42.0 Å². The molecule has 0 saturated carbocycles. The van der Waals surface area contributed by atoms with E-state index in [-0.39, 0.29) is 0 Å². The Bertz CT molecular complexity index is 337. The van der Waals surface area contributed by atoms with Crippen LogP contribution in [0.3, 0.4) is 0 Å². The van der Waals surface area contributed by atoms with Crippen LogP contribution in [0.25, 0.3) is 0 Å². The number of hydrogen-bond donors (Lipinski definition) is 1. The Kier molecular flexibility index (Phi) is 4.00. The molecule has 0 radical (unpaired) electrons. The van der Waals surface area contributed by atoms with Crippen LogP contribution >= 0.6 is 0 Å². The molecule has 0 aliphatic carbocycles. The SMILES string of the molecule is CC(C)CC1CN(c2cccnc2)C(C)CN1. The van der Waals surface area contributed by atoms with Crippen molar-refractivity contribution in [2.75, 3.05) is 18.0 Å². The Morgan fingerprint density at radius 1 is 1.53 bits per heavy atom. The van der Waals surface area contributed by atoms with E-state index in [9.17, 15) is 0 Å². The van der Waals surface area contributed by atoms with Crippen LogP contribution < -0.4 is 10.2 Å². The van der Waals surface area contributed by atoms with Gasteiger partial charge in [-0.05, 0) is 31.4 Å². The van der Waals surface area contributed by atoms with E-state index in [4.69, 9.17) is 0 Å². The topological polar surface area (TPSA) is 28.2 Å². The van der Waals surface area contributed by atoms with Crippen molar-refractivity contribution < 1.29 is 0 Å². The monoisotopic (exact) mass is 233 g/mol. The number of nitrogens with one attached hydrogen (secondary N) is 1. The van der Waals surface area contributed by atoms with Crippen LogP contribution in [0.4, 0.5) is 5.69 Å². The van der Waals surface area contributed by atoms with Gasteiger partial charge in [0.25, 0.3) is 0 Å². The first-order chi connectivity index (χ1) is 8.16. The summed E-state index contributed by atoms with van der Waals surface area (Å²) >= 11 is 0. The zero-order chi connectivity index (χ0) is 12.3. The fraction of sp³-hybridized carbons (Fsp3) is 0.643. The quantitative estimate of drug-likeness (QED) is 0.868. The van der Waals surface area contributed by atoms with E-state index < -0.39 is 0 Å². The molecule has 94 valence electrons. The summed E-state index contributed by atoms with van der Waals surface area (Å²) in [6, 6.07) is 5.32. The highest BCUT2D eigenvalue weighted by Gasteiger charge is 2.25. The smallest absolute Gasteiger partial charge is 0.0556 e. The van der Waals surface area contributed by atoms with Crippen LogP contribution in [0.15, 0.2) is 24.5 Å². The third-order valence-electron chi connectivity index (χ3n) is 3.38. The highest BCUT2D eigenvalue weighted by molar-refractivity contribution is 5.45. The first-order valence-corrected chi connectivity index (χ1v) is 6.57. The number of rotatable bonds is 3.